The number of hydrogen-bond acceptors (Lipinski definition) is 6. The van der Waals surface area contributed by atoms with Gasteiger partial charge in [0.15, 0.2) is 0 Å². The summed E-state index contributed by atoms with van der Waals surface area (Å²) in [5, 5.41) is 11.4. The van der Waals surface area contributed by atoms with E-state index < -0.39 is 36.6 Å². The van der Waals surface area contributed by atoms with Gasteiger partial charge in [-0.3, -0.25) is 4.79 Å². The maximum Gasteiger partial charge on any atom is 0.417 e. The number of amides is 1. The highest BCUT2D eigenvalue weighted by atomic mass is 32.2. The minimum Gasteiger partial charge on any atom is -0.379 e. The van der Waals surface area contributed by atoms with Gasteiger partial charge in [-0.2, -0.15) is 18.4 Å². The molecule has 6 nitrogen and oxygen atoms in total. The maximum absolute atomic E-state index is 13.2. The number of alkyl halides is 3. The lowest BCUT2D eigenvalue weighted by atomic mass is 10.1. The molecule has 0 bridgehead atoms. The summed E-state index contributed by atoms with van der Waals surface area (Å²) in [4.78, 5) is 10.3. The summed E-state index contributed by atoms with van der Waals surface area (Å²) in [5.74, 6) is -0.919. The summed E-state index contributed by atoms with van der Waals surface area (Å²) in [6.07, 6.45) is -4.98. The summed E-state index contributed by atoms with van der Waals surface area (Å²) in [5.41, 5.74) is 3.21. The number of benzene rings is 1. The predicted molar refractivity (Wildman–Crippen MR) is 84.0 cm³/mol. The lowest BCUT2D eigenvalue weighted by Gasteiger charge is -2.12. The third kappa shape index (κ3) is 3.45. The molecule has 25 heavy (non-hydrogen) atoms. The second kappa shape index (κ2) is 6.38. The van der Waals surface area contributed by atoms with Crippen LogP contribution in [0.3, 0.4) is 0 Å². The molecule has 1 amide bonds. The molecule has 0 atom stereocenters. The second-order valence-electron chi connectivity index (χ2n) is 4.75. The number of nitrogens with one attached hydrogen (secondary N) is 1. The summed E-state index contributed by atoms with van der Waals surface area (Å²) < 4.78 is 64.5. The molecular weight excluding hydrogens is 379 g/mol. The summed E-state index contributed by atoms with van der Waals surface area (Å²) in [6, 6.07) is 4.62. The quantitative estimate of drug-likeness (QED) is 0.835. The minimum absolute atomic E-state index is 0.119. The van der Waals surface area contributed by atoms with E-state index in [2.05, 4.69) is 5.32 Å². The number of sulfone groups is 1. The van der Waals surface area contributed by atoms with Crippen molar-refractivity contribution in [2.45, 2.75) is 15.3 Å². The van der Waals surface area contributed by atoms with Gasteiger partial charge in [0.05, 0.1) is 27.7 Å². The van der Waals surface area contributed by atoms with Crippen LogP contribution in [0.4, 0.5) is 18.2 Å². The van der Waals surface area contributed by atoms with Crippen LogP contribution in [-0.4, -0.2) is 21.4 Å². The maximum atomic E-state index is 13.2. The molecule has 0 unspecified atom stereocenters. The van der Waals surface area contributed by atoms with E-state index in [1.807, 2.05) is 0 Å². The molecule has 0 aliphatic heterocycles. The number of rotatable bonds is 4. The lowest BCUT2D eigenvalue weighted by molar-refractivity contribution is -0.139. The summed E-state index contributed by atoms with van der Waals surface area (Å²) in [6.45, 7) is 0. The van der Waals surface area contributed by atoms with Gasteiger partial charge < -0.3 is 11.1 Å². The van der Waals surface area contributed by atoms with E-state index >= 15 is 0 Å². The molecule has 1 heterocycles. The third-order valence-corrected chi connectivity index (χ3v) is 6.61. The van der Waals surface area contributed by atoms with Crippen LogP contribution in [-0.2, 0) is 16.0 Å². The molecule has 11 heteroatoms. The normalized spacial score (nSPS) is 11.8. The van der Waals surface area contributed by atoms with Crippen LogP contribution in [0, 0.1) is 11.3 Å². The Hall–Kier alpha value is -2.58. The van der Waals surface area contributed by atoms with Crippen LogP contribution in [0.25, 0.3) is 0 Å². The molecule has 0 fully saturated rings. The van der Waals surface area contributed by atoms with Crippen LogP contribution < -0.4 is 11.1 Å². The number of nitrogens with two attached hydrogens (primary N) is 1. The fraction of sp³-hybridized carbons (Fsp3) is 0.143. The zero-order valence-electron chi connectivity index (χ0n) is 12.5. The Morgan fingerprint density at radius 2 is 1.96 bits per heavy atom. The first kappa shape index (κ1) is 18.8. The Kier molecular flexibility index (Phi) is 4.79. The van der Waals surface area contributed by atoms with Crippen molar-refractivity contribution < 1.29 is 26.4 Å². The molecule has 2 rings (SSSR count). The van der Waals surface area contributed by atoms with Gasteiger partial charge in [-0.25, -0.2) is 8.42 Å². The van der Waals surface area contributed by atoms with Crippen molar-refractivity contribution in [1.29, 1.82) is 5.26 Å². The van der Waals surface area contributed by atoms with Gasteiger partial charge in [-0.1, -0.05) is 0 Å². The van der Waals surface area contributed by atoms with Gasteiger partial charge in [0.1, 0.15) is 9.21 Å². The second-order valence-corrected chi connectivity index (χ2v) is 7.94. The van der Waals surface area contributed by atoms with Crippen molar-refractivity contribution in [3.05, 3.63) is 41.0 Å². The van der Waals surface area contributed by atoms with Crippen molar-refractivity contribution in [3.63, 3.8) is 0 Å². The molecule has 1 aromatic carbocycles. The number of nitriles is 1. The Labute approximate surface area is 144 Å². The first-order valence-electron chi connectivity index (χ1n) is 6.50. The van der Waals surface area contributed by atoms with Crippen LogP contribution in [0.1, 0.15) is 21.5 Å². The third-order valence-electron chi connectivity index (χ3n) is 3.17. The van der Waals surface area contributed by atoms with Crippen LogP contribution in [0.5, 0.6) is 0 Å². The van der Waals surface area contributed by atoms with Crippen molar-refractivity contribution in [1.82, 2.24) is 0 Å². The zero-order chi connectivity index (χ0) is 19.0. The molecule has 0 aliphatic rings. The van der Waals surface area contributed by atoms with Crippen LogP contribution in [0.2, 0.25) is 0 Å². The fourth-order valence-electron chi connectivity index (χ4n) is 2.03. The van der Waals surface area contributed by atoms with Crippen LogP contribution in [0.15, 0.2) is 33.4 Å². The molecule has 2 aromatic rings. The molecule has 132 valence electrons. The van der Waals surface area contributed by atoms with Crippen molar-refractivity contribution in [3.8, 4) is 6.07 Å². The van der Waals surface area contributed by atoms with Gasteiger partial charge in [0.25, 0.3) is 5.91 Å². The van der Waals surface area contributed by atoms with Crippen molar-refractivity contribution in [2.75, 3.05) is 12.4 Å². The zero-order valence-corrected chi connectivity index (χ0v) is 14.1. The van der Waals surface area contributed by atoms with E-state index in [0.29, 0.717) is 17.4 Å². The number of anilines is 1. The highest BCUT2D eigenvalue weighted by Gasteiger charge is 2.38. The van der Waals surface area contributed by atoms with Crippen LogP contribution >= 0.6 is 11.3 Å². The SMILES string of the molecule is CNc1sc(S(=O)(=O)c2ccc(C#N)cc2C(F)(F)F)cc1C(N)=O. The van der Waals surface area contributed by atoms with Gasteiger partial charge in [-0.15, -0.1) is 11.3 Å². The monoisotopic (exact) mass is 389 g/mol. The molecule has 0 saturated carbocycles. The standard InChI is InChI=1S/C14H10F3N3O3S2/c1-20-13-8(12(19)21)5-11(24-13)25(22,23)10-3-2-7(6-18)4-9(10)14(15,16)17/h2-5,20H,1H3,(H2,19,21). The van der Waals surface area contributed by atoms with E-state index in [1.54, 1.807) is 0 Å². The van der Waals surface area contributed by atoms with Crippen molar-refractivity contribution >= 4 is 32.1 Å². The van der Waals surface area contributed by atoms with Gasteiger partial charge in [0.2, 0.25) is 9.84 Å². The first-order chi connectivity index (χ1) is 11.5. The minimum atomic E-state index is -4.98. The average Bonchev–Trinajstić information content (AvgIpc) is 2.98. The molecule has 0 saturated heterocycles. The molecule has 0 radical (unpaired) electrons. The van der Waals surface area contributed by atoms with E-state index in [-0.39, 0.29) is 16.1 Å². The number of nitrogens with zero attached hydrogens (tertiary/aromatic N) is 1. The Balaban J connectivity index is 2.73. The van der Waals surface area contributed by atoms with Gasteiger partial charge >= 0.3 is 6.18 Å². The molecular formula is C14H10F3N3O3S2. The first-order valence-corrected chi connectivity index (χ1v) is 8.80. The number of primary amides is 1. The Bertz CT molecular complexity index is 989. The highest BCUT2D eigenvalue weighted by Crippen LogP contribution is 2.40. The predicted octanol–water partition coefficient (Wildman–Crippen LogP) is 2.61. The van der Waals surface area contributed by atoms with E-state index in [0.717, 1.165) is 18.2 Å². The summed E-state index contributed by atoms with van der Waals surface area (Å²) in [7, 11) is -3.17. The van der Waals surface area contributed by atoms with E-state index in [9.17, 15) is 26.4 Å². The molecule has 1 aromatic heterocycles. The van der Waals surface area contributed by atoms with Crippen molar-refractivity contribution in [2.24, 2.45) is 5.73 Å². The number of carbonyl (C=O) groups is 1. The lowest BCUT2D eigenvalue weighted by Crippen LogP contribution is -2.14. The number of hydrogen-bond donors (Lipinski definition) is 2. The largest absolute Gasteiger partial charge is 0.417 e. The number of carbonyl (C=O) groups excluding carboxylic acids is 1. The molecule has 3 N–H and O–H groups in total. The molecule has 0 aliphatic carbocycles. The Morgan fingerprint density at radius 1 is 1.32 bits per heavy atom. The number of halogens is 3. The van der Waals surface area contributed by atoms with E-state index in [4.69, 9.17) is 11.0 Å². The topological polar surface area (TPSA) is 113 Å². The van der Waals surface area contributed by atoms with E-state index in [1.165, 1.54) is 13.1 Å². The smallest absolute Gasteiger partial charge is 0.379 e. The Morgan fingerprint density at radius 3 is 2.40 bits per heavy atom. The summed E-state index contributed by atoms with van der Waals surface area (Å²) >= 11 is 0.587. The molecule has 0 spiro atoms. The van der Waals surface area contributed by atoms with Gasteiger partial charge in [-0.05, 0) is 24.3 Å². The fourth-order valence-corrected chi connectivity index (χ4v) is 4.94. The van der Waals surface area contributed by atoms with Gasteiger partial charge in [0, 0.05) is 7.05 Å². The number of thiophene rings is 1. The average molecular weight is 389 g/mol. The highest BCUT2D eigenvalue weighted by molar-refractivity contribution is 7.93.